The smallest absolute Gasteiger partial charge is 0.254 e. The van der Waals surface area contributed by atoms with Crippen LogP contribution < -0.4 is 4.74 Å². The normalized spacial score (nSPS) is 13.6. The summed E-state index contributed by atoms with van der Waals surface area (Å²) < 4.78 is 5.71. The number of aryl methyl sites for hydroxylation is 2. The van der Waals surface area contributed by atoms with Crippen molar-refractivity contribution in [1.82, 2.24) is 9.88 Å². The highest BCUT2D eigenvalue weighted by atomic mass is 16.5. The molecule has 1 heterocycles. The Morgan fingerprint density at radius 2 is 1.88 bits per heavy atom. The lowest BCUT2D eigenvalue weighted by atomic mass is 10.1. The summed E-state index contributed by atoms with van der Waals surface area (Å²) in [5, 5.41) is 0. The van der Waals surface area contributed by atoms with Gasteiger partial charge in [0.25, 0.3) is 5.91 Å². The number of hydrogen-bond donors (Lipinski definition) is 0. The molecule has 4 nitrogen and oxygen atoms in total. The minimum absolute atomic E-state index is 0.0809. The zero-order chi connectivity index (χ0) is 17.1. The number of hydrogen-bond acceptors (Lipinski definition) is 3. The first-order chi connectivity index (χ1) is 11.6. The number of amides is 1. The van der Waals surface area contributed by atoms with E-state index in [2.05, 4.69) is 4.98 Å². The average molecular weight is 324 g/mol. The van der Waals surface area contributed by atoms with Gasteiger partial charge in [-0.2, -0.15) is 0 Å². The van der Waals surface area contributed by atoms with Gasteiger partial charge in [-0.3, -0.25) is 9.78 Å². The van der Waals surface area contributed by atoms with Gasteiger partial charge in [0.2, 0.25) is 0 Å². The first-order valence-corrected chi connectivity index (χ1v) is 8.55. The van der Waals surface area contributed by atoms with Gasteiger partial charge >= 0.3 is 0 Å². The van der Waals surface area contributed by atoms with E-state index in [1.165, 1.54) is 0 Å². The summed E-state index contributed by atoms with van der Waals surface area (Å²) in [6.07, 6.45) is 2.15. The fraction of sp³-hybridized carbons (Fsp3) is 0.400. The second-order valence-corrected chi connectivity index (χ2v) is 6.34. The number of carbonyl (C=O) groups is 1. The summed E-state index contributed by atoms with van der Waals surface area (Å²) in [4.78, 5) is 19.4. The van der Waals surface area contributed by atoms with Crippen LogP contribution in [0.2, 0.25) is 0 Å². The van der Waals surface area contributed by atoms with Crippen LogP contribution in [0, 0.1) is 13.8 Å². The van der Waals surface area contributed by atoms with E-state index >= 15 is 0 Å². The van der Waals surface area contributed by atoms with E-state index in [1.54, 1.807) is 0 Å². The van der Waals surface area contributed by atoms with Crippen LogP contribution in [-0.2, 0) is 6.54 Å². The minimum Gasteiger partial charge on any atom is -0.494 e. The first kappa shape index (κ1) is 16.5. The average Bonchev–Trinajstić information content (AvgIpc) is 3.37. The quantitative estimate of drug-likeness (QED) is 0.809. The molecule has 1 aliphatic rings. The van der Waals surface area contributed by atoms with Gasteiger partial charge in [-0.1, -0.05) is 18.2 Å². The summed E-state index contributed by atoms with van der Waals surface area (Å²) in [7, 11) is 0. The number of para-hydroxylation sites is 1. The number of ether oxygens (including phenoxy) is 1. The lowest BCUT2D eigenvalue weighted by Gasteiger charge is -2.24. The van der Waals surface area contributed by atoms with Gasteiger partial charge in [-0.05, 0) is 51.8 Å². The van der Waals surface area contributed by atoms with Crippen LogP contribution in [0.4, 0.5) is 0 Å². The van der Waals surface area contributed by atoms with Crippen LogP contribution in [0.1, 0.15) is 47.1 Å². The molecule has 0 radical (unpaired) electrons. The van der Waals surface area contributed by atoms with Gasteiger partial charge in [-0.15, -0.1) is 0 Å². The van der Waals surface area contributed by atoms with E-state index in [0.717, 1.165) is 41.1 Å². The molecule has 0 bridgehead atoms. The molecule has 24 heavy (non-hydrogen) atoms. The highest BCUT2D eigenvalue weighted by molar-refractivity contribution is 5.94. The Morgan fingerprint density at radius 3 is 2.50 bits per heavy atom. The summed E-state index contributed by atoms with van der Waals surface area (Å²) >= 11 is 0. The highest BCUT2D eigenvalue weighted by Crippen LogP contribution is 2.31. The van der Waals surface area contributed by atoms with Gasteiger partial charge in [0.1, 0.15) is 5.75 Å². The molecular weight excluding hydrogens is 300 g/mol. The summed E-state index contributed by atoms with van der Waals surface area (Å²) in [6.45, 7) is 7.03. The molecule has 1 fully saturated rings. The molecule has 126 valence electrons. The molecule has 1 aromatic carbocycles. The zero-order valence-corrected chi connectivity index (χ0v) is 14.6. The Balaban J connectivity index is 1.87. The van der Waals surface area contributed by atoms with E-state index in [0.29, 0.717) is 19.2 Å². The van der Waals surface area contributed by atoms with E-state index in [1.807, 2.05) is 62.1 Å². The first-order valence-electron chi connectivity index (χ1n) is 8.55. The number of pyridine rings is 1. The summed E-state index contributed by atoms with van der Waals surface area (Å²) in [5.41, 5.74) is 3.54. The predicted octanol–water partition coefficient (Wildman–Crippen LogP) is 3.90. The third-order valence-electron chi connectivity index (χ3n) is 4.19. The molecule has 1 amide bonds. The molecule has 3 rings (SSSR count). The van der Waals surface area contributed by atoms with Crippen molar-refractivity contribution in [1.29, 1.82) is 0 Å². The van der Waals surface area contributed by atoms with Crippen molar-refractivity contribution in [3.05, 3.63) is 58.9 Å². The topological polar surface area (TPSA) is 42.4 Å². The molecule has 0 aliphatic heterocycles. The second kappa shape index (κ2) is 7.04. The van der Waals surface area contributed by atoms with Crippen molar-refractivity contribution >= 4 is 5.91 Å². The summed E-state index contributed by atoms with van der Waals surface area (Å²) in [6, 6.07) is 12.0. The molecule has 0 atom stereocenters. The lowest BCUT2D eigenvalue weighted by molar-refractivity contribution is 0.0728. The Kier molecular flexibility index (Phi) is 4.84. The third kappa shape index (κ3) is 3.75. The standard InChI is InChI=1S/C20H24N2O2/c1-4-24-19-8-6-5-7-16(19)13-22(18-9-10-18)20(23)17-11-14(2)21-15(3)12-17/h5-8,11-12,18H,4,9-10,13H2,1-3H3. The van der Waals surface area contributed by atoms with Crippen LogP contribution >= 0.6 is 0 Å². The van der Waals surface area contributed by atoms with Crippen molar-refractivity contribution in [2.75, 3.05) is 6.61 Å². The van der Waals surface area contributed by atoms with Gasteiger partial charge in [0.15, 0.2) is 0 Å². The van der Waals surface area contributed by atoms with E-state index in [4.69, 9.17) is 4.74 Å². The maximum absolute atomic E-state index is 13.1. The Hall–Kier alpha value is -2.36. The van der Waals surface area contributed by atoms with Gasteiger partial charge in [0, 0.05) is 35.1 Å². The van der Waals surface area contributed by atoms with Gasteiger partial charge in [-0.25, -0.2) is 0 Å². The van der Waals surface area contributed by atoms with E-state index in [-0.39, 0.29) is 5.91 Å². The van der Waals surface area contributed by atoms with E-state index in [9.17, 15) is 4.79 Å². The molecule has 1 aliphatic carbocycles. The molecule has 1 saturated carbocycles. The number of benzene rings is 1. The van der Waals surface area contributed by atoms with Crippen molar-refractivity contribution in [2.45, 2.75) is 46.2 Å². The Morgan fingerprint density at radius 1 is 1.21 bits per heavy atom. The number of nitrogens with zero attached hydrogens (tertiary/aromatic N) is 2. The fourth-order valence-electron chi connectivity index (χ4n) is 2.99. The van der Waals surface area contributed by atoms with Crippen LogP contribution in [0.3, 0.4) is 0 Å². The number of aromatic nitrogens is 1. The van der Waals surface area contributed by atoms with Crippen LogP contribution in [0.25, 0.3) is 0 Å². The fourth-order valence-corrected chi connectivity index (χ4v) is 2.99. The van der Waals surface area contributed by atoms with Crippen LogP contribution in [0.5, 0.6) is 5.75 Å². The predicted molar refractivity (Wildman–Crippen MR) is 94.2 cm³/mol. The molecule has 1 aromatic heterocycles. The van der Waals surface area contributed by atoms with Crippen molar-refractivity contribution in [2.24, 2.45) is 0 Å². The van der Waals surface area contributed by atoms with Crippen molar-refractivity contribution < 1.29 is 9.53 Å². The summed E-state index contributed by atoms with van der Waals surface area (Å²) in [5.74, 6) is 0.943. The van der Waals surface area contributed by atoms with Crippen LogP contribution in [-0.4, -0.2) is 28.4 Å². The maximum Gasteiger partial charge on any atom is 0.254 e. The largest absolute Gasteiger partial charge is 0.494 e. The molecule has 4 heteroatoms. The van der Waals surface area contributed by atoms with Crippen molar-refractivity contribution in [3.8, 4) is 5.75 Å². The Labute approximate surface area is 143 Å². The Bertz CT molecular complexity index is 718. The number of rotatable bonds is 6. The zero-order valence-electron chi connectivity index (χ0n) is 14.6. The van der Waals surface area contributed by atoms with Crippen LogP contribution in [0.15, 0.2) is 36.4 Å². The molecule has 0 saturated heterocycles. The van der Waals surface area contributed by atoms with Gasteiger partial charge < -0.3 is 9.64 Å². The molecule has 0 unspecified atom stereocenters. The third-order valence-corrected chi connectivity index (χ3v) is 4.19. The molecule has 0 N–H and O–H groups in total. The minimum atomic E-state index is 0.0809. The van der Waals surface area contributed by atoms with E-state index < -0.39 is 0 Å². The molecule has 0 spiro atoms. The van der Waals surface area contributed by atoms with Crippen molar-refractivity contribution in [3.63, 3.8) is 0 Å². The number of carbonyl (C=O) groups excluding carboxylic acids is 1. The SMILES string of the molecule is CCOc1ccccc1CN(C(=O)c1cc(C)nc(C)c1)C1CC1. The monoisotopic (exact) mass is 324 g/mol. The molecular formula is C20H24N2O2. The lowest BCUT2D eigenvalue weighted by Crippen LogP contribution is -2.33. The molecule has 2 aromatic rings. The maximum atomic E-state index is 13.1. The highest BCUT2D eigenvalue weighted by Gasteiger charge is 2.33. The van der Waals surface area contributed by atoms with Gasteiger partial charge in [0.05, 0.1) is 6.61 Å². The second-order valence-electron chi connectivity index (χ2n) is 6.34.